The van der Waals surface area contributed by atoms with Gasteiger partial charge in [0.25, 0.3) is 5.91 Å². The van der Waals surface area contributed by atoms with E-state index in [1.54, 1.807) is 0 Å². The third kappa shape index (κ3) is 1.24. The van der Waals surface area contributed by atoms with Crippen molar-refractivity contribution in [1.29, 1.82) is 0 Å². The smallest absolute Gasteiger partial charge is 0.308 e. The average Bonchev–Trinajstić information content (AvgIpc) is 2.29. The highest BCUT2D eigenvalue weighted by Gasteiger charge is 2.73. The molecule has 8 N–H and O–H groups in total. The predicted molar refractivity (Wildman–Crippen MR) is 38.9 cm³/mol. The van der Waals surface area contributed by atoms with Crippen LogP contribution in [-0.4, -0.2) is 60.7 Å². The van der Waals surface area contributed by atoms with Gasteiger partial charge in [0.1, 0.15) is 12.0 Å². The molecular formula is C6H11NO8. The molecule has 2 aliphatic rings. The van der Waals surface area contributed by atoms with Crippen LogP contribution < -0.4 is 5.73 Å². The lowest BCUT2D eigenvalue weighted by molar-refractivity contribution is -0.415. The first kappa shape index (κ1) is 11.1. The lowest BCUT2D eigenvalue weighted by Crippen LogP contribution is -2.63. The maximum Gasteiger partial charge on any atom is 0.308 e. The topological polar surface area (TPSA) is 166 Å². The Morgan fingerprint density at radius 3 is 2.00 bits per heavy atom. The second-order valence-corrected chi connectivity index (χ2v) is 3.66. The second-order valence-electron chi connectivity index (χ2n) is 3.66. The molecule has 0 aromatic carbocycles. The van der Waals surface area contributed by atoms with Gasteiger partial charge in [-0.1, -0.05) is 0 Å². The zero-order valence-electron chi connectivity index (χ0n) is 7.31. The van der Waals surface area contributed by atoms with Crippen LogP contribution in [0.5, 0.6) is 0 Å². The molecule has 2 rings (SSSR count). The van der Waals surface area contributed by atoms with Crippen molar-refractivity contribution in [3.05, 3.63) is 0 Å². The van der Waals surface area contributed by atoms with Gasteiger partial charge in [-0.15, -0.1) is 0 Å². The third-order valence-electron chi connectivity index (χ3n) is 2.60. The van der Waals surface area contributed by atoms with Gasteiger partial charge in [0, 0.05) is 0 Å². The lowest BCUT2D eigenvalue weighted by atomic mass is 9.93. The molecule has 2 fully saturated rings. The number of rotatable bonds is 0. The fourth-order valence-corrected chi connectivity index (χ4v) is 1.71. The van der Waals surface area contributed by atoms with Crippen LogP contribution in [-0.2, 0) is 9.47 Å². The van der Waals surface area contributed by atoms with Crippen LogP contribution in [0.2, 0.25) is 0 Å². The first-order valence-electron chi connectivity index (χ1n) is 4.04. The maximum atomic E-state index is 9.39. The zero-order chi connectivity index (χ0) is 11.6. The van der Waals surface area contributed by atoms with Crippen LogP contribution in [0.1, 0.15) is 0 Å². The minimum Gasteiger partial charge on any atom is -0.384 e. The normalized spacial score (nSPS) is 51.8. The Labute approximate surface area is 82.9 Å². The van der Waals surface area contributed by atoms with Crippen molar-refractivity contribution in [2.24, 2.45) is 11.7 Å². The van der Waals surface area contributed by atoms with E-state index < -0.39 is 36.0 Å². The van der Waals surface area contributed by atoms with Crippen molar-refractivity contribution in [2.75, 3.05) is 0 Å². The highest BCUT2D eigenvalue weighted by atomic mass is 16.9. The van der Waals surface area contributed by atoms with Crippen LogP contribution in [0.4, 0.5) is 0 Å². The summed E-state index contributed by atoms with van der Waals surface area (Å²) in [5.74, 6) is -10.6. The van der Waals surface area contributed by atoms with E-state index in [0.29, 0.717) is 0 Å². The molecule has 4 unspecified atom stereocenters. The Morgan fingerprint density at radius 2 is 1.53 bits per heavy atom. The Kier molecular flexibility index (Phi) is 1.97. The molecule has 9 heteroatoms. The van der Waals surface area contributed by atoms with E-state index in [-0.39, 0.29) is 0 Å². The van der Waals surface area contributed by atoms with Crippen molar-refractivity contribution in [3.8, 4) is 0 Å². The summed E-state index contributed by atoms with van der Waals surface area (Å²) < 4.78 is 8.76. The first-order chi connectivity index (χ1) is 6.59. The van der Waals surface area contributed by atoms with Gasteiger partial charge in [0.2, 0.25) is 5.79 Å². The van der Waals surface area contributed by atoms with Gasteiger partial charge in [0.05, 0.1) is 0 Å². The Morgan fingerprint density at radius 1 is 1.00 bits per heavy atom. The number of aliphatic hydroxyl groups excluding tert-OH is 1. The lowest BCUT2D eigenvalue weighted by Gasteiger charge is -2.33. The summed E-state index contributed by atoms with van der Waals surface area (Å²) in [7, 11) is 0. The van der Waals surface area contributed by atoms with E-state index in [0.717, 1.165) is 0 Å². The molecule has 9 nitrogen and oxygen atoms in total. The number of hydrogen-bond acceptors (Lipinski definition) is 9. The van der Waals surface area contributed by atoms with Gasteiger partial charge in [0.15, 0.2) is 6.29 Å². The number of aliphatic hydroxyl groups is 6. The summed E-state index contributed by atoms with van der Waals surface area (Å²) in [4.78, 5) is 0. The zero-order valence-corrected chi connectivity index (χ0v) is 7.31. The summed E-state index contributed by atoms with van der Waals surface area (Å²) in [6, 6.07) is 0. The van der Waals surface area contributed by atoms with Gasteiger partial charge in [-0.05, 0) is 0 Å². The van der Waals surface area contributed by atoms with Crippen LogP contribution in [0.3, 0.4) is 0 Å². The Hall–Kier alpha value is -0.360. The number of nitrogens with two attached hydrogens (primary N) is 1. The van der Waals surface area contributed by atoms with Crippen molar-refractivity contribution >= 4 is 0 Å². The molecule has 4 atom stereocenters. The second kappa shape index (κ2) is 2.66. The molecule has 0 aromatic rings. The van der Waals surface area contributed by atoms with Crippen molar-refractivity contribution in [2.45, 2.75) is 30.1 Å². The predicted octanol–water partition coefficient (Wildman–Crippen LogP) is -4.73. The summed E-state index contributed by atoms with van der Waals surface area (Å²) in [6.07, 6.45) is -3.73. The van der Waals surface area contributed by atoms with Crippen LogP contribution >= 0.6 is 0 Å². The van der Waals surface area contributed by atoms with Crippen LogP contribution in [0.25, 0.3) is 0 Å². The monoisotopic (exact) mass is 225 g/mol. The maximum absolute atomic E-state index is 9.39. The standard InChI is InChI=1S/C6H11NO8/c7-6(13)4(9,10)1-2(8)5(11,12)14-3(1)15-6/h1-3,8-13H,7H2. The van der Waals surface area contributed by atoms with Gasteiger partial charge in [-0.2, -0.15) is 0 Å². The number of hydrogen-bond donors (Lipinski definition) is 7. The van der Waals surface area contributed by atoms with E-state index in [1.807, 2.05) is 0 Å². The van der Waals surface area contributed by atoms with Crippen LogP contribution in [0.15, 0.2) is 0 Å². The van der Waals surface area contributed by atoms with Crippen molar-refractivity contribution < 1.29 is 40.1 Å². The summed E-state index contributed by atoms with van der Waals surface area (Å²) in [6.45, 7) is 0. The summed E-state index contributed by atoms with van der Waals surface area (Å²) in [5, 5.41) is 55.4. The molecule has 0 aliphatic carbocycles. The molecule has 0 bridgehead atoms. The molecule has 0 amide bonds. The van der Waals surface area contributed by atoms with Crippen molar-refractivity contribution in [3.63, 3.8) is 0 Å². The van der Waals surface area contributed by atoms with E-state index in [1.165, 1.54) is 0 Å². The molecule has 0 saturated carbocycles. The van der Waals surface area contributed by atoms with E-state index in [4.69, 9.17) is 15.9 Å². The summed E-state index contributed by atoms with van der Waals surface area (Å²) >= 11 is 0. The third-order valence-corrected chi connectivity index (χ3v) is 2.60. The number of ether oxygens (including phenoxy) is 2. The van der Waals surface area contributed by atoms with Gasteiger partial charge >= 0.3 is 5.97 Å². The molecule has 15 heavy (non-hydrogen) atoms. The number of fused-ring (bicyclic) bond motifs is 1. The molecule has 2 heterocycles. The first-order valence-corrected chi connectivity index (χ1v) is 4.04. The quantitative estimate of drug-likeness (QED) is 0.200. The average molecular weight is 225 g/mol. The Balaban J connectivity index is 2.36. The molecule has 88 valence electrons. The minimum atomic E-state index is -3.07. The fraction of sp³-hybridized carbons (Fsp3) is 1.00. The van der Waals surface area contributed by atoms with E-state index in [9.17, 15) is 20.4 Å². The molecule has 2 aliphatic heterocycles. The molecule has 0 aromatic heterocycles. The fourth-order valence-electron chi connectivity index (χ4n) is 1.71. The summed E-state index contributed by atoms with van der Waals surface area (Å²) in [5.41, 5.74) is 4.98. The minimum absolute atomic E-state index is 1.64. The van der Waals surface area contributed by atoms with Crippen LogP contribution in [0, 0.1) is 5.92 Å². The van der Waals surface area contributed by atoms with Gasteiger partial charge in [-0.3, -0.25) is 10.5 Å². The van der Waals surface area contributed by atoms with Gasteiger partial charge < -0.3 is 35.4 Å². The van der Waals surface area contributed by atoms with E-state index in [2.05, 4.69) is 9.47 Å². The highest BCUT2D eigenvalue weighted by Crippen LogP contribution is 2.47. The molecular weight excluding hydrogens is 214 g/mol. The van der Waals surface area contributed by atoms with Crippen molar-refractivity contribution in [1.82, 2.24) is 0 Å². The largest absolute Gasteiger partial charge is 0.384 e. The van der Waals surface area contributed by atoms with E-state index >= 15 is 0 Å². The molecule has 0 radical (unpaired) electrons. The SMILES string of the molecule is NC1(O)OC2OC(O)(O)C(O)C2C1(O)O. The molecule has 2 saturated heterocycles. The van der Waals surface area contributed by atoms with Gasteiger partial charge in [-0.25, -0.2) is 0 Å². The Bertz CT molecular complexity index is 289. The highest BCUT2D eigenvalue weighted by molar-refractivity contribution is 5.03. The molecule has 0 spiro atoms.